The highest BCUT2D eigenvalue weighted by molar-refractivity contribution is 5.95. The second-order valence-corrected chi connectivity index (χ2v) is 6.05. The van der Waals surface area contributed by atoms with Crippen molar-refractivity contribution in [2.45, 2.75) is 31.9 Å². The number of nitrogens with two attached hydrogens (primary N) is 1. The molecule has 0 spiro atoms. The molecule has 2 aromatic carbocycles. The molecule has 128 valence electrons. The number of benzene rings is 2. The second kappa shape index (κ2) is 7.95. The molecule has 0 aliphatic carbocycles. The number of rotatable bonds is 7. The van der Waals surface area contributed by atoms with E-state index in [9.17, 15) is 15.0 Å². The van der Waals surface area contributed by atoms with Gasteiger partial charge in [-0.2, -0.15) is 0 Å². The highest BCUT2D eigenvalue weighted by Gasteiger charge is 2.17. The van der Waals surface area contributed by atoms with Gasteiger partial charge in [-0.3, -0.25) is 4.79 Å². The number of carbonyl (C=O) groups is 1. The van der Waals surface area contributed by atoms with Crippen LogP contribution in [0.5, 0.6) is 5.75 Å². The number of aliphatic hydroxyl groups is 1. The van der Waals surface area contributed by atoms with Gasteiger partial charge in [0.2, 0.25) is 0 Å². The van der Waals surface area contributed by atoms with Crippen molar-refractivity contribution in [2.24, 2.45) is 5.73 Å². The van der Waals surface area contributed by atoms with Crippen LogP contribution in [-0.2, 0) is 0 Å². The first-order chi connectivity index (χ1) is 11.4. The van der Waals surface area contributed by atoms with Gasteiger partial charge in [0.15, 0.2) is 0 Å². The molecule has 0 aliphatic heterocycles. The van der Waals surface area contributed by atoms with Crippen molar-refractivity contribution in [1.29, 1.82) is 0 Å². The SMILES string of the molecule is CC(NCC(O)c1ccc(O)c(C(N)=O)c1)C(C)c1ccccc1. The van der Waals surface area contributed by atoms with E-state index in [2.05, 4.69) is 31.3 Å². The minimum Gasteiger partial charge on any atom is -0.507 e. The number of nitrogens with one attached hydrogen (secondary N) is 1. The van der Waals surface area contributed by atoms with Gasteiger partial charge in [-0.15, -0.1) is 0 Å². The highest BCUT2D eigenvalue weighted by atomic mass is 16.3. The van der Waals surface area contributed by atoms with Crippen LogP contribution < -0.4 is 11.1 Å². The predicted molar refractivity (Wildman–Crippen MR) is 93.9 cm³/mol. The average Bonchev–Trinajstić information content (AvgIpc) is 2.59. The summed E-state index contributed by atoms with van der Waals surface area (Å²) in [4.78, 5) is 11.3. The molecule has 2 rings (SSSR count). The van der Waals surface area contributed by atoms with E-state index < -0.39 is 12.0 Å². The Bertz CT molecular complexity index is 688. The molecule has 0 aromatic heterocycles. The maximum atomic E-state index is 11.3. The van der Waals surface area contributed by atoms with Crippen molar-refractivity contribution in [3.05, 3.63) is 65.2 Å². The van der Waals surface area contributed by atoms with Gasteiger partial charge < -0.3 is 21.3 Å². The second-order valence-electron chi connectivity index (χ2n) is 6.05. The largest absolute Gasteiger partial charge is 0.507 e. The van der Waals surface area contributed by atoms with Gasteiger partial charge in [0, 0.05) is 12.6 Å². The molecule has 0 bridgehead atoms. The molecule has 0 aliphatic rings. The fraction of sp³-hybridized carbons (Fsp3) is 0.316. The molecular weight excluding hydrogens is 304 g/mol. The molecule has 3 unspecified atom stereocenters. The molecule has 2 aromatic rings. The van der Waals surface area contributed by atoms with Crippen molar-refractivity contribution < 1.29 is 15.0 Å². The van der Waals surface area contributed by atoms with Gasteiger partial charge in [-0.05, 0) is 36.1 Å². The lowest BCUT2D eigenvalue weighted by atomic mass is 9.94. The van der Waals surface area contributed by atoms with E-state index in [0.29, 0.717) is 18.0 Å². The zero-order valence-corrected chi connectivity index (χ0v) is 13.9. The quantitative estimate of drug-likeness (QED) is 0.627. The summed E-state index contributed by atoms with van der Waals surface area (Å²) < 4.78 is 0. The molecule has 3 atom stereocenters. The van der Waals surface area contributed by atoms with E-state index in [-0.39, 0.29) is 17.4 Å². The fourth-order valence-corrected chi connectivity index (χ4v) is 2.60. The van der Waals surface area contributed by atoms with Crippen LogP contribution in [0, 0.1) is 0 Å². The zero-order chi connectivity index (χ0) is 17.7. The number of aromatic hydroxyl groups is 1. The lowest BCUT2D eigenvalue weighted by molar-refractivity contribution is 0.0997. The molecule has 0 saturated heterocycles. The zero-order valence-electron chi connectivity index (χ0n) is 13.9. The van der Waals surface area contributed by atoms with Gasteiger partial charge >= 0.3 is 0 Å². The number of phenols is 1. The molecule has 5 heteroatoms. The molecule has 0 saturated carbocycles. The minimum atomic E-state index is -0.797. The molecule has 0 fully saturated rings. The Morgan fingerprint density at radius 2 is 1.79 bits per heavy atom. The Morgan fingerprint density at radius 3 is 2.42 bits per heavy atom. The smallest absolute Gasteiger partial charge is 0.252 e. The Kier molecular flexibility index (Phi) is 5.95. The summed E-state index contributed by atoms with van der Waals surface area (Å²) in [6, 6.07) is 14.7. The first-order valence-corrected chi connectivity index (χ1v) is 7.99. The first-order valence-electron chi connectivity index (χ1n) is 7.99. The molecule has 24 heavy (non-hydrogen) atoms. The normalized spacial score (nSPS) is 14.8. The van der Waals surface area contributed by atoms with Crippen molar-refractivity contribution in [3.8, 4) is 5.75 Å². The van der Waals surface area contributed by atoms with Crippen molar-refractivity contribution in [3.63, 3.8) is 0 Å². The number of primary amides is 1. The molecule has 0 radical (unpaired) electrons. The number of carbonyl (C=O) groups excluding carboxylic acids is 1. The van der Waals surface area contributed by atoms with Crippen LogP contribution in [0.1, 0.15) is 47.4 Å². The summed E-state index contributed by atoms with van der Waals surface area (Å²) in [6.07, 6.45) is -0.797. The summed E-state index contributed by atoms with van der Waals surface area (Å²) in [5.41, 5.74) is 6.99. The Balaban J connectivity index is 1.99. The molecule has 0 heterocycles. The van der Waals surface area contributed by atoms with Crippen molar-refractivity contribution in [1.82, 2.24) is 5.32 Å². The summed E-state index contributed by atoms with van der Waals surface area (Å²) in [7, 11) is 0. The summed E-state index contributed by atoms with van der Waals surface area (Å²) in [6.45, 7) is 4.53. The number of aliphatic hydroxyl groups excluding tert-OH is 1. The van der Waals surface area contributed by atoms with Crippen LogP contribution in [0.25, 0.3) is 0 Å². The van der Waals surface area contributed by atoms with E-state index >= 15 is 0 Å². The van der Waals surface area contributed by atoms with Gasteiger partial charge in [0.05, 0.1) is 11.7 Å². The van der Waals surface area contributed by atoms with E-state index in [1.54, 1.807) is 6.07 Å². The number of hydrogen-bond donors (Lipinski definition) is 4. The Hall–Kier alpha value is -2.37. The fourth-order valence-electron chi connectivity index (χ4n) is 2.60. The van der Waals surface area contributed by atoms with E-state index in [1.807, 2.05) is 18.2 Å². The van der Waals surface area contributed by atoms with Crippen LogP contribution in [-0.4, -0.2) is 28.7 Å². The molecular formula is C19H24N2O3. The minimum absolute atomic E-state index is 0.0113. The third-order valence-corrected chi connectivity index (χ3v) is 4.38. The number of hydrogen-bond acceptors (Lipinski definition) is 4. The average molecular weight is 328 g/mol. The molecule has 5 nitrogen and oxygen atoms in total. The molecule has 5 N–H and O–H groups in total. The van der Waals surface area contributed by atoms with E-state index in [0.717, 1.165) is 0 Å². The Labute approximate surface area is 142 Å². The first kappa shape index (κ1) is 18.0. The van der Waals surface area contributed by atoms with Gasteiger partial charge in [-0.1, -0.05) is 43.3 Å². The monoisotopic (exact) mass is 328 g/mol. The van der Waals surface area contributed by atoms with E-state index in [1.165, 1.54) is 17.7 Å². The third-order valence-electron chi connectivity index (χ3n) is 4.38. The van der Waals surface area contributed by atoms with Crippen molar-refractivity contribution >= 4 is 5.91 Å². The van der Waals surface area contributed by atoms with E-state index in [4.69, 9.17) is 5.73 Å². The van der Waals surface area contributed by atoms with Gasteiger partial charge in [0.25, 0.3) is 5.91 Å². The lowest BCUT2D eigenvalue weighted by Crippen LogP contribution is -2.34. The third kappa shape index (κ3) is 4.34. The van der Waals surface area contributed by atoms with Crippen LogP contribution >= 0.6 is 0 Å². The maximum absolute atomic E-state index is 11.3. The van der Waals surface area contributed by atoms with Crippen LogP contribution in [0.2, 0.25) is 0 Å². The topological polar surface area (TPSA) is 95.6 Å². The standard InChI is InChI=1S/C19H24N2O3/c1-12(14-6-4-3-5-7-14)13(2)21-11-18(23)15-8-9-17(22)16(10-15)19(20)24/h3-10,12-13,18,21-23H,11H2,1-2H3,(H2,20,24). The van der Waals surface area contributed by atoms with Gasteiger partial charge in [-0.25, -0.2) is 0 Å². The Morgan fingerprint density at radius 1 is 1.12 bits per heavy atom. The van der Waals surface area contributed by atoms with Gasteiger partial charge in [0.1, 0.15) is 5.75 Å². The maximum Gasteiger partial charge on any atom is 0.252 e. The summed E-state index contributed by atoms with van der Waals surface area (Å²) >= 11 is 0. The van der Waals surface area contributed by atoms with Crippen LogP contribution in [0.4, 0.5) is 0 Å². The number of amides is 1. The van der Waals surface area contributed by atoms with Crippen molar-refractivity contribution in [2.75, 3.05) is 6.54 Å². The van der Waals surface area contributed by atoms with Crippen LogP contribution in [0.15, 0.2) is 48.5 Å². The summed E-state index contributed by atoms with van der Waals surface area (Å²) in [5, 5.41) is 23.2. The lowest BCUT2D eigenvalue weighted by Gasteiger charge is -2.23. The summed E-state index contributed by atoms with van der Waals surface area (Å²) in [5.74, 6) is -0.613. The molecule has 1 amide bonds. The van der Waals surface area contributed by atoms with Crippen LogP contribution in [0.3, 0.4) is 0 Å². The predicted octanol–water partition coefficient (Wildman–Crippen LogP) is 2.31. The highest BCUT2D eigenvalue weighted by Crippen LogP contribution is 2.23.